The minimum Gasteiger partial charge on any atom is -0.395 e. The lowest BCUT2D eigenvalue weighted by molar-refractivity contribution is 0.111. The molecule has 1 fully saturated rings. The zero-order valence-corrected chi connectivity index (χ0v) is 17.4. The van der Waals surface area contributed by atoms with Crippen molar-refractivity contribution in [2.75, 3.05) is 45.9 Å². The van der Waals surface area contributed by atoms with Crippen molar-refractivity contribution in [3.8, 4) is 0 Å². The van der Waals surface area contributed by atoms with Crippen molar-refractivity contribution < 1.29 is 5.11 Å². The van der Waals surface area contributed by atoms with Crippen LogP contribution in [-0.2, 0) is 6.54 Å². The Bertz CT molecular complexity index is 1040. The van der Waals surface area contributed by atoms with Gasteiger partial charge < -0.3 is 14.6 Å². The molecule has 1 aliphatic heterocycles. The summed E-state index contributed by atoms with van der Waals surface area (Å²) in [5, 5.41) is 11.1. The zero-order valence-electron chi connectivity index (χ0n) is 16.7. The smallest absolute Gasteiger partial charge is 0.197 e. The van der Waals surface area contributed by atoms with Gasteiger partial charge in [0.15, 0.2) is 5.43 Å². The first-order chi connectivity index (χ1) is 14.2. The Kier molecular flexibility index (Phi) is 6.50. The average molecular weight is 414 g/mol. The molecule has 3 aromatic rings. The maximum absolute atomic E-state index is 12.9. The molecule has 6 heteroatoms. The highest BCUT2D eigenvalue weighted by Gasteiger charge is 2.16. The van der Waals surface area contributed by atoms with E-state index in [0.717, 1.165) is 75.1 Å². The van der Waals surface area contributed by atoms with Crippen LogP contribution in [0.3, 0.4) is 0 Å². The van der Waals surface area contributed by atoms with Crippen LogP contribution in [0, 0.1) is 0 Å². The van der Waals surface area contributed by atoms with Crippen LogP contribution >= 0.6 is 11.6 Å². The Morgan fingerprint density at radius 3 is 2.24 bits per heavy atom. The first-order valence-corrected chi connectivity index (χ1v) is 10.8. The number of pyridine rings is 1. The molecule has 5 nitrogen and oxygen atoms in total. The van der Waals surface area contributed by atoms with E-state index in [-0.39, 0.29) is 12.0 Å². The van der Waals surface area contributed by atoms with Gasteiger partial charge in [0.05, 0.1) is 22.7 Å². The van der Waals surface area contributed by atoms with Crippen LogP contribution in [-0.4, -0.2) is 65.3 Å². The monoisotopic (exact) mass is 413 g/mol. The molecule has 2 aromatic carbocycles. The number of aliphatic hydroxyl groups is 1. The molecule has 29 heavy (non-hydrogen) atoms. The summed E-state index contributed by atoms with van der Waals surface area (Å²) in [6.07, 6.45) is 2.14. The fraction of sp³-hybridized carbons (Fsp3) is 0.435. The summed E-state index contributed by atoms with van der Waals surface area (Å²) in [6, 6.07) is 13.4. The number of hydrogen-bond acceptors (Lipinski definition) is 4. The second kappa shape index (κ2) is 9.26. The van der Waals surface area contributed by atoms with Gasteiger partial charge in [-0.1, -0.05) is 29.8 Å². The fourth-order valence-electron chi connectivity index (χ4n) is 4.35. The van der Waals surface area contributed by atoms with Crippen LogP contribution in [0.5, 0.6) is 0 Å². The number of piperazine rings is 1. The number of aromatic nitrogens is 1. The van der Waals surface area contributed by atoms with E-state index < -0.39 is 0 Å². The molecule has 4 rings (SSSR count). The molecule has 154 valence electrons. The molecule has 1 aromatic heterocycles. The molecule has 1 aliphatic rings. The van der Waals surface area contributed by atoms with Crippen molar-refractivity contribution in [3.63, 3.8) is 0 Å². The number of benzene rings is 2. The van der Waals surface area contributed by atoms with Crippen molar-refractivity contribution in [3.05, 3.63) is 57.7 Å². The number of aliphatic hydroxyl groups excluding tert-OH is 1. The number of nitrogens with zero attached hydrogens (tertiary/aromatic N) is 3. The highest BCUT2D eigenvalue weighted by molar-refractivity contribution is 6.35. The topological polar surface area (TPSA) is 48.7 Å². The van der Waals surface area contributed by atoms with Crippen molar-refractivity contribution in [2.45, 2.75) is 19.4 Å². The molecule has 0 bridgehead atoms. The summed E-state index contributed by atoms with van der Waals surface area (Å²) < 4.78 is 2.22. The summed E-state index contributed by atoms with van der Waals surface area (Å²) >= 11 is 6.52. The van der Waals surface area contributed by atoms with E-state index in [0.29, 0.717) is 10.4 Å². The summed E-state index contributed by atoms with van der Waals surface area (Å²) in [7, 11) is 0. The summed E-state index contributed by atoms with van der Waals surface area (Å²) in [5.74, 6) is 0. The predicted molar refractivity (Wildman–Crippen MR) is 120 cm³/mol. The van der Waals surface area contributed by atoms with Gasteiger partial charge in [-0.3, -0.25) is 9.69 Å². The number of β-amino-alcohol motifs (C(OH)–C–C–N with tert-alkyl or cyclic N) is 1. The number of halogens is 1. The van der Waals surface area contributed by atoms with E-state index in [1.165, 1.54) is 0 Å². The van der Waals surface area contributed by atoms with E-state index >= 15 is 0 Å². The molecule has 0 aliphatic carbocycles. The molecule has 0 amide bonds. The number of hydrogen-bond donors (Lipinski definition) is 1. The lowest BCUT2D eigenvalue weighted by atomic mass is 10.1. The third kappa shape index (κ3) is 4.33. The Balaban J connectivity index is 1.48. The highest BCUT2D eigenvalue weighted by atomic mass is 35.5. The number of aryl methyl sites for hydroxylation is 1. The van der Waals surface area contributed by atoms with E-state index in [1.54, 1.807) is 0 Å². The largest absolute Gasteiger partial charge is 0.395 e. The Morgan fingerprint density at radius 1 is 0.828 bits per heavy atom. The van der Waals surface area contributed by atoms with Crippen molar-refractivity contribution in [1.29, 1.82) is 0 Å². The summed E-state index contributed by atoms with van der Waals surface area (Å²) in [5.41, 5.74) is 1.85. The van der Waals surface area contributed by atoms with Gasteiger partial charge in [-0.25, -0.2) is 0 Å². The van der Waals surface area contributed by atoms with Gasteiger partial charge in [0.25, 0.3) is 0 Å². The third-order valence-corrected chi connectivity index (χ3v) is 6.23. The van der Waals surface area contributed by atoms with Crippen molar-refractivity contribution in [1.82, 2.24) is 14.4 Å². The SMILES string of the molecule is O=c1c2ccccc2n(CCCCN2CCN(CCO)CC2)c2c(Cl)cccc12. The van der Waals surface area contributed by atoms with Crippen LogP contribution in [0.4, 0.5) is 0 Å². The summed E-state index contributed by atoms with van der Waals surface area (Å²) in [4.78, 5) is 17.7. The summed E-state index contributed by atoms with van der Waals surface area (Å²) in [6.45, 7) is 7.13. The number of rotatable bonds is 7. The Labute approximate surface area is 176 Å². The van der Waals surface area contributed by atoms with Gasteiger partial charge in [0.1, 0.15) is 0 Å². The van der Waals surface area contributed by atoms with Crippen LogP contribution in [0.2, 0.25) is 5.02 Å². The van der Waals surface area contributed by atoms with Gasteiger partial charge >= 0.3 is 0 Å². The average Bonchev–Trinajstić information content (AvgIpc) is 2.75. The first kappa shape index (κ1) is 20.4. The van der Waals surface area contributed by atoms with Crippen LogP contribution in [0.15, 0.2) is 47.3 Å². The maximum atomic E-state index is 12.9. The number of unbranched alkanes of at least 4 members (excludes halogenated alkanes) is 1. The maximum Gasteiger partial charge on any atom is 0.197 e. The molecule has 1 N–H and O–H groups in total. The zero-order chi connectivity index (χ0) is 20.2. The van der Waals surface area contributed by atoms with Gasteiger partial charge in [-0.05, 0) is 43.7 Å². The highest BCUT2D eigenvalue weighted by Crippen LogP contribution is 2.26. The predicted octanol–water partition coefficient (Wildman–Crippen LogP) is 3.20. The molecule has 0 radical (unpaired) electrons. The van der Waals surface area contributed by atoms with E-state index in [2.05, 4.69) is 14.4 Å². The molecule has 0 spiro atoms. The van der Waals surface area contributed by atoms with Crippen molar-refractivity contribution in [2.24, 2.45) is 0 Å². The molecule has 0 saturated carbocycles. The number of fused-ring (bicyclic) bond motifs is 2. The molecule has 0 atom stereocenters. The van der Waals surface area contributed by atoms with Gasteiger partial charge in [-0.15, -0.1) is 0 Å². The van der Waals surface area contributed by atoms with Crippen LogP contribution in [0.1, 0.15) is 12.8 Å². The fourth-order valence-corrected chi connectivity index (χ4v) is 4.63. The van der Waals surface area contributed by atoms with E-state index in [4.69, 9.17) is 16.7 Å². The minimum absolute atomic E-state index is 0.0510. The van der Waals surface area contributed by atoms with Crippen LogP contribution < -0.4 is 5.43 Å². The molecular formula is C23H28ClN3O2. The van der Waals surface area contributed by atoms with Crippen molar-refractivity contribution >= 4 is 33.4 Å². The Morgan fingerprint density at radius 2 is 1.48 bits per heavy atom. The molecule has 1 saturated heterocycles. The standard InChI is InChI=1S/C23H28ClN3O2/c24-20-8-5-7-19-22(20)27(21-9-2-1-6-18(21)23(19)29)11-4-3-10-25-12-14-26(15-13-25)16-17-28/h1-2,5-9,28H,3-4,10-17H2. The second-order valence-electron chi connectivity index (χ2n) is 7.75. The van der Waals surface area contributed by atoms with E-state index in [1.807, 2.05) is 42.5 Å². The van der Waals surface area contributed by atoms with E-state index in [9.17, 15) is 4.79 Å². The molecule has 0 unspecified atom stereocenters. The first-order valence-electron chi connectivity index (χ1n) is 10.4. The molecule has 2 heterocycles. The van der Waals surface area contributed by atoms with Crippen LogP contribution in [0.25, 0.3) is 21.8 Å². The Hall–Kier alpha value is -1.92. The lowest BCUT2D eigenvalue weighted by Crippen LogP contribution is -2.47. The third-order valence-electron chi connectivity index (χ3n) is 5.93. The lowest BCUT2D eigenvalue weighted by Gasteiger charge is -2.34. The van der Waals surface area contributed by atoms with Gasteiger partial charge in [-0.2, -0.15) is 0 Å². The quantitative estimate of drug-likeness (QED) is 0.477. The van der Waals surface area contributed by atoms with Gasteiger partial charge in [0.2, 0.25) is 0 Å². The number of para-hydroxylation sites is 2. The molecular weight excluding hydrogens is 386 g/mol. The van der Waals surface area contributed by atoms with Gasteiger partial charge in [0, 0.05) is 50.0 Å². The second-order valence-corrected chi connectivity index (χ2v) is 8.16. The minimum atomic E-state index is 0.0510. The normalized spacial score (nSPS) is 16.1.